The first kappa shape index (κ1) is 15.5. The average molecular weight is 285 g/mol. The number of hydrogen-bond donors (Lipinski definition) is 0. The van der Waals surface area contributed by atoms with Gasteiger partial charge in [0.25, 0.3) is 11.8 Å². The van der Waals surface area contributed by atoms with Crippen molar-refractivity contribution in [3.05, 3.63) is 47.5 Å². The summed E-state index contributed by atoms with van der Waals surface area (Å²) in [7, 11) is 0. The Balaban J connectivity index is 1.69. The van der Waals surface area contributed by atoms with Crippen LogP contribution in [0.15, 0.2) is 36.4 Å². The lowest BCUT2D eigenvalue weighted by molar-refractivity contribution is -0.136. The minimum atomic E-state index is -0.180. The van der Waals surface area contributed by atoms with Gasteiger partial charge in [0, 0.05) is 18.7 Å². The Morgan fingerprint density at radius 3 is 1.86 bits per heavy atom. The van der Waals surface area contributed by atoms with Crippen molar-refractivity contribution in [1.29, 1.82) is 0 Å². The number of rotatable bonds is 8. The summed E-state index contributed by atoms with van der Waals surface area (Å²) in [5.74, 6) is -0.361. The number of imide groups is 1. The monoisotopic (exact) mass is 285 g/mol. The van der Waals surface area contributed by atoms with E-state index >= 15 is 0 Å². The molecular weight excluding hydrogens is 262 g/mol. The standard InChI is InChI=1S/C18H23NO2/c1-2-3-6-15-8-10-16(11-9-15)7-4-5-14-19-17(20)12-13-18(19)21/h8-13H,2-7,14H2,1H3. The number of amides is 2. The van der Waals surface area contributed by atoms with Crippen LogP contribution >= 0.6 is 0 Å². The maximum Gasteiger partial charge on any atom is 0.253 e. The SMILES string of the molecule is CCCCc1ccc(CCCCN2C(=O)C=CC2=O)cc1. The van der Waals surface area contributed by atoms with E-state index in [9.17, 15) is 9.59 Å². The van der Waals surface area contributed by atoms with Crippen LogP contribution in [0.4, 0.5) is 0 Å². The Morgan fingerprint density at radius 2 is 1.33 bits per heavy atom. The van der Waals surface area contributed by atoms with Crippen molar-refractivity contribution in [2.45, 2.75) is 45.4 Å². The summed E-state index contributed by atoms with van der Waals surface area (Å²) in [4.78, 5) is 24.1. The van der Waals surface area contributed by atoms with Crippen LogP contribution in [-0.4, -0.2) is 23.3 Å². The van der Waals surface area contributed by atoms with E-state index in [0.29, 0.717) is 6.54 Å². The zero-order valence-electron chi connectivity index (χ0n) is 12.7. The molecule has 1 aromatic carbocycles. The molecule has 21 heavy (non-hydrogen) atoms. The van der Waals surface area contributed by atoms with Crippen molar-refractivity contribution in [1.82, 2.24) is 4.90 Å². The summed E-state index contributed by atoms with van der Waals surface area (Å²) in [5.41, 5.74) is 2.73. The highest BCUT2D eigenvalue weighted by molar-refractivity contribution is 6.12. The largest absolute Gasteiger partial charge is 0.275 e. The van der Waals surface area contributed by atoms with E-state index in [1.165, 1.54) is 41.0 Å². The van der Waals surface area contributed by atoms with Crippen molar-refractivity contribution in [2.75, 3.05) is 6.54 Å². The molecule has 0 aromatic heterocycles. The molecule has 3 heteroatoms. The van der Waals surface area contributed by atoms with Crippen LogP contribution in [0.25, 0.3) is 0 Å². The fourth-order valence-electron chi connectivity index (χ4n) is 2.50. The lowest BCUT2D eigenvalue weighted by atomic mass is 10.0. The van der Waals surface area contributed by atoms with E-state index in [1.54, 1.807) is 0 Å². The Hall–Kier alpha value is -1.90. The van der Waals surface area contributed by atoms with E-state index < -0.39 is 0 Å². The molecule has 1 heterocycles. The third kappa shape index (κ3) is 4.55. The molecule has 2 rings (SSSR count). The minimum Gasteiger partial charge on any atom is -0.275 e. The third-order valence-electron chi connectivity index (χ3n) is 3.84. The molecule has 1 aromatic rings. The molecule has 0 saturated carbocycles. The number of benzene rings is 1. The van der Waals surface area contributed by atoms with E-state index in [1.807, 2.05) is 0 Å². The van der Waals surface area contributed by atoms with Crippen LogP contribution in [0.5, 0.6) is 0 Å². The van der Waals surface area contributed by atoms with Gasteiger partial charge >= 0.3 is 0 Å². The normalized spacial score (nSPS) is 14.2. The van der Waals surface area contributed by atoms with Gasteiger partial charge in [-0.1, -0.05) is 37.6 Å². The molecule has 0 aliphatic carbocycles. The zero-order valence-corrected chi connectivity index (χ0v) is 12.7. The highest BCUT2D eigenvalue weighted by Gasteiger charge is 2.22. The molecular formula is C18H23NO2. The highest BCUT2D eigenvalue weighted by Crippen LogP contribution is 2.11. The van der Waals surface area contributed by atoms with E-state index in [2.05, 4.69) is 31.2 Å². The molecule has 0 N–H and O–H groups in total. The van der Waals surface area contributed by atoms with Crippen molar-refractivity contribution in [2.24, 2.45) is 0 Å². The fourth-order valence-corrected chi connectivity index (χ4v) is 2.50. The lowest BCUT2D eigenvalue weighted by Crippen LogP contribution is -2.30. The Morgan fingerprint density at radius 1 is 0.810 bits per heavy atom. The number of unbranched alkanes of at least 4 members (excludes halogenated alkanes) is 2. The second kappa shape index (κ2) is 7.77. The molecule has 0 radical (unpaired) electrons. The summed E-state index contributed by atoms with van der Waals surface area (Å²) in [6, 6.07) is 8.81. The molecule has 1 aliphatic heterocycles. The number of nitrogens with zero attached hydrogens (tertiary/aromatic N) is 1. The van der Waals surface area contributed by atoms with Crippen LogP contribution in [0, 0.1) is 0 Å². The van der Waals surface area contributed by atoms with Crippen molar-refractivity contribution < 1.29 is 9.59 Å². The summed E-state index contributed by atoms with van der Waals surface area (Å²) in [5, 5.41) is 0. The molecule has 0 unspecified atom stereocenters. The molecule has 2 amide bonds. The Kier molecular flexibility index (Phi) is 5.73. The first-order valence-electron chi connectivity index (χ1n) is 7.82. The number of carbonyl (C=O) groups is 2. The maximum absolute atomic E-state index is 11.4. The van der Waals surface area contributed by atoms with Crippen LogP contribution in [-0.2, 0) is 22.4 Å². The predicted octanol–water partition coefficient (Wildman–Crippen LogP) is 3.28. The molecule has 3 nitrogen and oxygen atoms in total. The van der Waals surface area contributed by atoms with Gasteiger partial charge in [0.05, 0.1) is 0 Å². The van der Waals surface area contributed by atoms with E-state index in [-0.39, 0.29) is 11.8 Å². The Labute approximate surface area is 126 Å². The summed E-state index contributed by atoms with van der Waals surface area (Å²) in [6.07, 6.45) is 9.16. The van der Waals surface area contributed by atoms with E-state index in [4.69, 9.17) is 0 Å². The molecule has 0 atom stereocenters. The van der Waals surface area contributed by atoms with Gasteiger partial charge in [-0.2, -0.15) is 0 Å². The average Bonchev–Trinajstić information content (AvgIpc) is 2.82. The van der Waals surface area contributed by atoms with Gasteiger partial charge < -0.3 is 0 Å². The predicted molar refractivity (Wildman–Crippen MR) is 83.9 cm³/mol. The van der Waals surface area contributed by atoms with Gasteiger partial charge in [-0.05, 0) is 43.2 Å². The first-order valence-corrected chi connectivity index (χ1v) is 7.82. The second-order valence-electron chi connectivity index (χ2n) is 5.54. The zero-order chi connectivity index (χ0) is 15.1. The minimum absolute atomic E-state index is 0.180. The van der Waals surface area contributed by atoms with Gasteiger partial charge in [0.15, 0.2) is 0 Å². The first-order chi connectivity index (χ1) is 10.2. The molecule has 1 aliphatic rings. The highest BCUT2D eigenvalue weighted by atomic mass is 16.2. The van der Waals surface area contributed by atoms with Gasteiger partial charge in [-0.25, -0.2) is 0 Å². The maximum atomic E-state index is 11.4. The topological polar surface area (TPSA) is 37.4 Å². The third-order valence-corrected chi connectivity index (χ3v) is 3.84. The quantitative estimate of drug-likeness (QED) is 0.543. The molecule has 0 bridgehead atoms. The molecule has 112 valence electrons. The fraction of sp³-hybridized carbons (Fsp3) is 0.444. The van der Waals surface area contributed by atoms with Crippen LogP contribution in [0.3, 0.4) is 0 Å². The van der Waals surface area contributed by atoms with Crippen LogP contribution < -0.4 is 0 Å². The van der Waals surface area contributed by atoms with Gasteiger partial charge in [-0.3, -0.25) is 14.5 Å². The smallest absolute Gasteiger partial charge is 0.253 e. The van der Waals surface area contributed by atoms with Gasteiger partial charge in [0.1, 0.15) is 0 Å². The van der Waals surface area contributed by atoms with Crippen LogP contribution in [0.1, 0.15) is 43.7 Å². The summed E-state index contributed by atoms with van der Waals surface area (Å²) in [6.45, 7) is 2.74. The summed E-state index contributed by atoms with van der Waals surface area (Å²) >= 11 is 0. The van der Waals surface area contributed by atoms with Crippen molar-refractivity contribution in [3.63, 3.8) is 0 Å². The number of carbonyl (C=O) groups excluding carboxylic acids is 2. The molecule has 0 spiro atoms. The lowest BCUT2D eigenvalue weighted by Gasteiger charge is -2.13. The second-order valence-corrected chi connectivity index (χ2v) is 5.54. The number of aryl methyl sites for hydroxylation is 2. The van der Waals surface area contributed by atoms with Gasteiger partial charge in [-0.15, -0.1) is 0 Å². The molecule has 0 fully saturated rings. The van der Waals surface area contributed by atoms with E-state index in [0.717, 1.165) is 25.7 Å². The summed E-state index contributed by atoms with van der Waals surface area (Å²) < 4.78 is 0. The molecule has 0 saturated heterocycles. The van der Waals surface area contributed by atoms with Crippen molar-refractivity contribution in [3.8, 4) is 0 Å². The van der Waals surface area contributed by atoms with Crippen LogP contribution in [0.2, 0.25) is 0 Å². The Bertz CT molecular complexity index is 499. The number of hydrogen-bond acceptors (Lipinski definition) is 2. The van der Waals surface area contributed by atoms with Gasteiger partial charge in [0.2, 0.25) is 0 Å². The van der Waals surface area contributed by atoms with Crippen molar-refractivity contribution >= 4 is 11.8 Å².